The zero-order chi connectivity index (χ0) is 4.15. The fourth-order valence-electron chi connectivity index (χ4n) is 1.25. The molecule has 2 aliphatic heterocycles. The van der Waals surface area contributed by atoms with Gasteiger partial charge in [-0.25, -0.2) is 0 Å². The highest BCUT2D eigenvalue weighted by atomic mass is 31.1. The van der Waals surface area contributed by atoms with E-state index < -0.39 is 0 Å². The van der Waals surface area contributed by atoms with Crippen LogP contribution in [-0.4, -0.2) is 18.0 Å². The van der Waals surface area contributed by atoms with Crippen LogP contribution in [0.15, 0.2) is 0 Å². The number of rotatable bonds is 0. The highest BCUT2D eigenvalue weighted by Gasteiger charge is 2.48. The van der Waals surface area contributed by atoms with Crippen LogP contribution < -0.4 is 0 Å². The molecule has 1 saturated carbocycles. The van der Waals surface area contributed by atoms with E-state index in [2.05, 4.69) is 6.66 Å². The van der Waals surface area contributed by atoms with Gasteiger partial charge >= 0.3 is 0 Å². The summed E-state index contributed by atoms with van der Waals surface area (Å²) in [6.45, 7) is 2.44. The van der Waals surface area contributed by atoms with Gasteiger partial charge < -0.3 is 0 Å². The molecule has 0 unspecified atom stereocenters. The minimum absolute atomic E-state index is 0.618. The molecule has 3 aliphatic rings. The summed E-state index contributed by atoms with van der Waals surface area (Å²) < 4.78 is 0. The van der Waals surface area contributed by atoms with E-state index in [4.69, 9.17) is 0 Å². The Hall–Kier alpha value is 0.430. The van der Waals surface area contributed by atoms with E-state index in [9.17, 15) is 0 Å². The Morgan fingerprint density at radius 1 is 1.33 bits per heavy atom. The highest BCUT2D eigenvalue weighted by molar-refractivity contribution is 7.61. The molecule has 0 nitrogen and oxygen atoms in total. The van der Waals surface area contributed by atoms with Crippen LogP contribution in [0.3, 0.4) is 0 Å². The first-order chi connectivity index (χ1) is 2.88. The smallest absolute Gasteiger partial charge is 0.0197 e. The summed E-state index contributed by atoms with van der Waals surface area (Å²) in [5.41, 5.74) is 2.48. The van der Waals surface area contributed by atoms with E-state index in [1.807, 2.05) is 0 Å². The third-order valence-corrected chi connectivity index (χ3v) is 5.39. The fourth-order valence-corrected chi connectivity index (χ4v) is 3.41. The van der Waals surface area contributed by atoms with Gasteiger partial charge in [0, 0.05) is 0 Å². The maximum atomic E-state index is 2.44. The van der Waals surface area contributed by atoms with Gasteiger partial charge in [0.15, 0.2) is 0 Å². The Balaban J connectivity index is 2.11. The van der Waals surface area contributed by atoms with Crippen molar-refractivity contribution >= 4 is 7.92 Å². The first-order valence-electron chi connectivity index (χ1n) is 2.60. The highest BCUT2D eigenvalue weighted by Crippen LogP contribution is 2.70. The largest absolute Gasteiger partial charge is 0.103 e. The molecule has 2 heterocycles. The monoisotopic (exact) mass is 100 g/mol. The molecule has 3 rings (SSSR count). The van der Waals surface area contributed by atoms with Crippen molar-refractivity contribution in [3.8, 4) is 0 Å². The summed E-state index contributed by atoms with van der Waals surface area (Å²) in [4.78, 5) is 0. The first kappa shape index (κ1) is 3.43. The van der Waals surface area contributed by atoms with E-state index in [1.54, 1.807) is 12.8 Å². The Bertz CT molecular complexity index is 66.0. The molecular formula is C5H9P. The molecule has 0 amide bonds. The zero-order valence-corrected chi connectivity index (χ0v) is 4.91. The molecule has 0 aromatic rings. The summed E-state index contributed by atoms with van der Waals surface area (Å²) in [7, 11) is 0.618. The lowest BCUT2D eigenvalue weighted by atomic mass is 9.96. The van der Waals surface area contributed by atoms with Gasteiger partial charge in [-0.15, -0.1) is 7.92 Å². The average molecular weight is 100 g/mol. The van der Waals surface area contributed by atoms with Crippen molar-refractivity contribution in [3.05, 3.63) is 0 Å². The SMILES string of the molecule is CP1C2CC1C2. The molecule has 1 aliphatic carbocycles. The van der Waals surface area contributed by atoms with Crippen molar-refractivity contribution in [2.75, 3.05) is 6.66 Å². The third-order valence-electron chi connectivity index (χ3n) is 2.24. The summed E-state index contributed by atoms with van der Waals surface area (Å²) in [5.74, 6) is 0. The quantitative estimate of drug-likeness (QED) is 0.406. The maximum Gasteiger partial charge on any atom is -0.0197 e. The van der Waals surface area contributed by atoms with Crippen molar-refractivity contribution in [1.82, 2.24) is 0 Å². The lowest BCUT2D eigenvalue weighted by Crippen LogP contribution is -2.45. The minimum atomic E-state index is 0.618. The summed E-state index contributed by atoms with van der Waals surface area (Å²) in [5, 5.41) is 0. The van der Waals surface area contributed by atoms with Crippen molar-refractivity contribution < 1.29 is 0 Å². The average Bonchev–Trinajstić information content (AvgIpc) is 1.28. The van der Waals surface area contributed by atoms with Crippen molar-refractivity contribution in [3.63, 3.8) is 0 Å². The predicted molar refractivity (Wildman–Crippen MR) is 29.7 cm³/mol. The Morgan fingerprint density at radius 2 is 1.67 bits per heavy atom. The van der Waals surface area contributed by atoms with Gasteiger partial charge in [0.1, 0.15) is 0 Å². The third kappa shape index (κ3) is 0.193. The summed E-state index contributed by atoms with van der Waals surface area (Å²) in [6.07, 6.45) is 3.20. The topological polar surface area (TPSA) is 0 Å². The normalized spacial score (nSPS) is 62.5. The Morgan fingerprint density at radius 3 is 1.67 bits per heavy atom. The molecular weight excluding hydrogens is 91.0 g/mol. The van der Waals surface area contributed by atoms with Gasteiger partial charge in [0.25, 0.3) is 0 Å². The van der Waals surface area contributed by atoms with Crippen LogP contribution in [0.2, 0.25) is 0 Å². The molecule has 0 N–H and O–H groups in total. The van der Waals surface area contributed by atoms with Gasteiger partial charge in [0.2, 0.25) is 0 Å². The van der Waals surface area contributed by atoms with E-state index >= 15 is 0 Å². The van der Waals surface area contributed by atoms with Gasteiger partial charge in [0.05, 0.1) is 0 Å². The molecule has 0 spiro atoms. The van der Waals surface area contributed by atoms with Crippen LogP contribution in [-0.2, 0) is 0 Å². The molecule has 0 aromatic carbocycles. The lowest BCUT2D eigenvalue weighted by molar-refractivity contribution is 0.452. The van der Waals surface area contributed by atoms with Crippen LogP contribution in [0, 0.1) is 0 Å². The lowest BCUT2D eigenvalue weighted by Gasteiger charge is -2.57. The Kier molecular flexibility index (Phi) is 0.467. The molecule has 34 valence electrons. The Labute approximate surface area is 39.7 Å². The first-order valence-corrected chi connectivity index (χ1v) is 4.52. The van der Waals surface area contributed by atoms with Gasteiger partial charge in [-0.1, -0.05) is 0 Å². The number of hydrogen-bond acceptors (Lipinski definition) is 0. The molecule has 0 aromatic heterocycles. The van der Waals surface area contributed by atoms with E-state index in [0.29, 0.717) is 7.92 Å². The van der Waals surface area contributed by atoms with Crippen molar-refractivity contribution in [2.45, 2.75) is 24.2 Å². The molecule has 1 heteroatoms. The van der Waals surface area contributed by atoms with Gasteiger partial charge in [-0.3, -0.25) is 0 Å². The molecule has 2 saturated heterocycles. The second-order valence-electron chi connectivity index (χ2n) is 2.44. The maximum absolute atomic E-state index is 2.44. The summed E-state index contributed by atoms with van der Waals surface area (Å²) in [6, 6.07) is 0. The van der Waals surface area contributed by atoms with E-state index in [0.717, 1.165) is 0 Å². The molecule has 6 heavy (non-hydrogen) atoms. The summed E-state index contributed by atoms with van der Waals surface area (Å²) >= 11 is 0. The van der Waals surface area contributed by atoms with Crippen molar-refractivity contribution in [2.24, 2.45) is 0 Å². The second kappa shape index (κ2) is 0.816. The fraction of sp³-hybridized carbons (Fsp3) is 1.00. The molecule has 2 bridgehead atoms. The van der Waals surface area contributed by atoms with Crippen LogP contribution >= 0.6 is 7.92 Å². The van der Waals surface area contributed by atoms with Crippen LogP contribution in [0.1, 0.15) is 12.8 Å². The van der Waals surface area contributed by atoms with Gasteiger partial charge in [-0.2, -0.15) is 0 Å². The van der Waals surface area contributed by atoms with E-state index in [-0.39, 0.29) is 0 Å². The molecule has 0 radical (unpaired) electrons. The van der Waals surface area contributed by atoms with Crippen LogP contribution in [0.4, 0.5) is 0 Å². The van der Waals surface area contributed by atoms with Crippen LogP contribution in [0.5, 0.6) is 0 Å². The van der Waals surface area contributed by atoms with Crippen molar-refractivity contribution in [1.29, 1.82) is 0 Å². The zero-order valence-electron chi connectivity index (χ0n) is 4.02. The predicted octanol–water partition coefficient (Wildman–Crippen LogP) is 1.64. The molecule has 0 atom stereocenters. The van der Waals surface area contributed by atoms with Crippen LogP contribution in [0.25, 0.3) is 0 Å². The minimum Gasteiger partial charge on any atom is -0.103 e. The standard InChI is InChI=1S/C5H9P/c1-6-4-2-5(6)3-4/h4-5H,2-3H2,1H3. The van der Waals surface area contributed by atoms with E-state index in [1.165, 1.54) is 11.3 Å². The van der Waals surface area contributed by atoms with Gasteiger partial charge in [-0.05, 0) is 30.8 Å². The number of hydrogen-bond donors (Lipinski definition) is 0. The molecule has 3 fully saturated rings. The second-order valence-corrected chi connectivity index (χ2v) is 5.24.